The first-order valence-electron chi connectivity index (χ1n) is 5.29. The Balaban J connectivity index is 2.43. The number of nitrogens with two attached hydrogens (primary N) is 1. The molecule has 19 heavy (non-hydrogen) atoms. The molecule has 2 rings (SSSR count). The molecule has 0 saturated carbocycles. The first-order valence-corrected chi connectivity index (χ1v) is 5.69. The summed E-state index contributed by atoms with van der Waals surface area (Å²) in [5.41, 5.74) is 5.82. The highest BCUT2D eigenvalue weighted by atomic mass is 32.1. The normalized spacial score (nSPS) is 10.3. The van der Waals surface area contributed by atoms with Crippen molar-refractivity contribution < 1.29 is 13.2 Å². The van der Waals surface area contributed by atoms with Crippen LogP contribution in [0.15, 0.2) is 36.4 Å². The van der Waals surface area contributed by atoms with Gasteiger partial charge in [0.2, 0.25) is 0 Å². The van der Waals surface area contributed by atoms with Crippen LogP contribution in [0.3, 0.4) is 0 Å². The number of thiocarbonyl (C=S) groups is 1. The van der Waals surface area contributed by atoms with E-state index in [0.717, 1.165) is 18.2 Å². The van der Waals surface area contributed by atoms with E-state index in [2.05, 4.69) is 5.32 Å². The van der Waals surface area contributed by atoms with Crippen molar-refractivity contribution >= 4 is 28.6 Å². The summed E-state index contributed by atoms with van der Waals surface area (Å²) in [6.07, 6.45) is 0. The molecule has 2 nitrogen and oxygen atoms in total. The van der Waals surface area contributed by atoms with E-state index in [1.165, 1.54) is 18.2 Å². The summed E-state index contributed by atoms with van der Waals surface area (Å²) in [6, 6.07) is 7.06. The predicted octanol–water partition coefficient (Wildman–Crippen LogP) is 3.48. The molecule has 3 N–H and O–H groups in total. The van der Waals surface area contributed by atoms with Gasteiger partial charge in [0.25, 0.3) is 0 Å². The minimum Gasteiger partial charge on any atom is -0.389 e. The molecule has 0 radical (unpaired) electrons. The van der Waals surface area contributed by atoms with Gasteiger partial charge in [-0.3, -0.25) is 0 Å². The molecule has 0 spiro atoms. The van der Waals surface area contributed by atoms with E-state index in [4.69, 9.17) is 18.0 Å². The molecule has 2 aromatic carbocycles. The van der Waals surface area contributed by atoms with Crippen LogP contribution in [0.5, 0.6) is 0 Å². The molecule has 0 bridgehead atoms. The Morgan fingerprint density at radius 3 is 2.26 bits per heavy atom. The van der Waals surface area contributed by atoms with Crippen LogP contribution in [-0.4, -0.2) is 4.99 Å². The van der Waals surface area contributed by atoms with Gasteiger partial charge in [-0.05, 0) is 24.3 Å². The Morgan fingerprint density at radius 1 is 1.05 bits per heavy atom. The van der Waals surface area contributed by atoms with Crippen molar-refractivity contribution in [3.05, 3.63) is 59.4 Å². The molecule has 2 aromatic rings. The molecule has 0 aliphatic carbocycles. The van der Waals surface area contributed by atoms with Crippen LogP contribution >= 0.6 is 12.2 Å². The second-order valence-corrected chi connectivity index (χ2v) is 4.25. The maximum atomic E-state index is 13.6. The van der Waals surface area contributed by atoms with Crippen molar-refractivity contribution in [2.24, 2.45) is 5.73 Å². The number of hydrogen-bond acceptors (Lipinski definition) is 2. The Bertz CT molecular complexity index is 624. The van der Waals surface area contributed by atoms with Crippen LogP contribution < -0.4 is 11.1 Å². The lowest BCUT2D eigenvalue weighted by atomic mass is 10.1. The predicted molar refractivity (Wildman–Crippen MR) is 71.9 cm³/mol. The Kier molecular flexibility index (Phi) is 3.71. The zero-order valence-electron chi connectivity index (χ0n) is 9.58. The minimum absolute atomic E-state index is 0.00201. The van der Waals surface area contributed by atoms with E-state index < -0.39 is 17.5 Å². The summed E-state index contributed by atoms with van der Waals surface area (Å²) in [7, 11) is 0. The smallest absolute Gasteiger partial charge is 0.135 e. The third-order valence-electron chi connectivity index (χ3n) is 2.40. The highest BCUT2D eigenvalue weighted by Gasteiger charge is 2.11. The second kappa shape index (κ2) is 5.27. The van der Waals surface area contributed by atoms with Gasteiger partial charge in [-0.2, -0.15) is 0 Å². The van der Waals surface area contributed by atoms with Crippen LogP contribution in [0.1, 0.15) is 5.56 Å². The van der Waals surface area contributed by atoms with Crippen LogP contribution in [0.25, 0.3) is 0 Å². The molecule has 0 amide bonds. The molecular weight excluding hydrogens is 273 g/mol. The minimum atomic E-state index is -0.740. The van der Waals surface area contributed by atoms with Crippen molar-refractivity contribution in [3.8, 4) is 0 Å². The van der Waals surface area contributed by atoms with Gasteiger partial charge in [0.05, 0.1) is 11.3 Å². The summed E-state index contributed by atoms with van der Waals surface area (Å²) in [4.78, 5) is -0.141. The SMILES string of the molecule is NC(=S)c1c(F)cccc1Nc1cc(F)cc(F)c1. The van der Waals surface area contributed by atoms with Crippen molar-refractivity contribution in [1.29, 1.82) is 0 Å². The van der Waals surface area contributed by atoms with Crippen molar-refractivity contribution in [3.63, 3.8) is 0 Å². The molecule has 0 atom stereocenters. The lowest BCUT2D eigenvalue weighted by Crippen LogP contribution is -2.14. The Hall–Kier alpha value is -2.08. The van der Waals surface area contributed by atoms with Crippen LogP contribution in [0.2, 0.25) is 0 Å². The standard InChI is InChI=1S/C13H9F3N2S/c14-7-4-8(15)6-9(5-7)18-11-3-1-2-10(16)12(11)13(17)19/h1-6,18H,(H2,17,19). The van der Waals surface area contributed by atoms with Crippen LogP contribution in [0, 0.1) is 17.5 Å². The lowest BCUT2D eigenvalue weighted by molar-refractivity contribution is 0.584. The van der Waals surface area contributed by atoms with Gasteiger partial charge in [0.15, 0.2) is 0 Å². The number of anilines is 2. The van der Waals surface area contributed by atoms with E-state index >= 15 is 0 Å². The molecule has 0 aliphatic heterocycles. The fraction of sp³-hybridized carbons (Fsp3) is 0. The molecule has 98 valence electrons. The fourth-order valence-electron chi connectivity index (χ4n) is 1.66. The van der Waals surface area contributed by atoms with E-state index in [1.807, 2.05) is 0 Å². The topological polar surface area (TPSA) is 38.0 Å². The van der Waals surface area contributed by atoms with Gasteiger partial charge >= 0.3 is 0 Å². The molecule has 6 heteroatoms. The van der Waals surface area contributed by atoms with Crippen molar-refractivity contribution in [2.45, 2.75) is 0 Å². The van der Waals surface area contributed by atoms with Gasteiger partial charge < -0.3 is 11.1 Å². The number of hydrogen-bond donors (Lipinski definition) is 2. The maximum absolute atomic E-state index is 13.6. The average Bonchev–Trinajstić information content (AvgIpc) is 2.26. The quantitative estimate of drug-likeness (QED) is 0.846. The third-order valence-corrected chi connectivity index (χ3v) is 2.61. The van der Waals surface area contributed by atoms with Crippen molar-refractivity contribution in [2.75, 3.05) is 5.32 Å². The fourth-order valence-corrected chi connectivity index (χ4v) is 1.87. The van der Waals surface area contributed by atoms with Crippen LogP contribution in [-0.2, 0) is 0 Å². The summed E-state index contributed by atoms with van der Waals surface area (Å²) < 4.78 is 39.7. The first kappa shape index (κ1) is 13.4. The third kappa shape index (κ3) is 3.03. The summed E-state index contributed by atoms with van der Waals surface area (Å²) in [5.74, 6) is -2.08. The zero-order valence-corrected chi connectivity index (χ0v) is 10.4. The highest BCUT2D eigenvalue weighted by molar-refractivity contribution is 7.80. The second-order valence-electron chi connectivity index (χ2n) is 3.81. The zero-order chi connectivity index (χ0) is 14.0. The van der Waals surface area contributed by atoms with E-state index in [0.29, 0.717) is 0 Å². The van der Waals surface area contributed by atoms with Crippen LogP contribution in [0.4, 0.5) is 24.5 Å². The summed E-state index contributed by atoms with van der Waals surface area (Å²) in [5, 5.41) is 2.69. The van der Waals surface area contributed by atoms with E-state index in [1.54, 1.807) is 0 Å². The molecular formula is C13H9F3N2S. The summed E-state index contributed by atoms with van der Waals surface area (Å²) in [6.45, 7) is 0. The number of nitrogens with one attached hydrogen (secondary N) is 1. The van der Waals surface area contributed by atoms with Gasteiger partial charge in [0.1, 0.15) is 22.4 Å². The van der Waals surface area contributed by atoms with Gasteiger partial charge in [-0.25, -0.2) is 13.2 Å². The van der Waals surface area contributed by atoms with E-state index in [-0.39, 0.29) is 21.9 Å². The number of benzene rings is 2. The molecule has 0 fully saturated rings. The summed E-state index contributed by atoms with van der Waals surface area (Å²) >= 11 is 4.75. The van der Waals surface area contributed by atoms with Gasteiger partial charge in [-0.15, -0.1) is 0 Å². The van der Waals surface area contributed by atoms with Gasteiger partial charge in [0, 0.05) is 11.8 Å². The average molecular weight is 282 g/mol. The lowest BCUT2D eigenvalue weighted by Gasteiger charge is -2.12. The Labute approximate surface area is 113 Å². The molecule has 0 saturated heterocycles. The molecule has 0 heterocycles. The monoisotopic (exact) mass is 282 g/mol. The van der Waals surface area contributed by atoms with E-state index in [9.17, 15) is 13.2 Å². The molecule has 0 aliphatic rings. The molecule has 0 unspecified atom stereocenters. The maximum Gasteiger partial charge on any atom is 0.135 e. The Morgan fingerprint density at radius 2 is 1.68 bits per heavy atom. The number of halogens is 3. The largest absolute Gasteiger partial charge is 0.389 e. The highest BCUT2D eigenvalue weighted by Crippen LogP contribution is 2.24. The first-order chi connectivity index (χ1) is 8.97. The molecule has 0 aromatic heterocycles. The van der Waals surface area contributed by atoms with Crippen molar-refractivity contribution in [1.82, 2.24) is 0 Å². The van der Waals surface area contributed by atoms with Gasteiger partial charge in [-0.1, -0.05) is 18.3 Å². The number of rotatable bonds is 3.